The van der Waals surface area contributed by atoms with Crippen LogP contribution in [0.2, 0.25) is 0 Å². The molecule has 1 aliphatic heterocycles. The Kier molecular flexibility index (Phi) is 8.23. The van der Waals surface area contributed by atoms with E-state index in [4.69, 9.17) is 0 Å². The molecule has 0 aromatic heterocycles. The summed E-state index contributed by atoms with van der Waals surface area (Å²) in [4.78, 5) is 28.1. The molecule has 0 unspecified atom stereocenters. The smallest absolute Gasteiger partial charge is 0.416 e. The topological polar surface area (TPSA) is 85.2 Å². The molecular formula is C24H24F4N4O3. The number of hydrazone groups is 1. The summed E-state index contributed by atoms with van der Waals surface area (Å²) < 4.78 is 51.8. The molecule has 2 aromatic rings. The lowest BCUT2D eigenvalue weighted by Crippen LogP contribution is -2.50. The summed E-state index contributed by atoms with van der Waals surface area (Å²) in [6, 6.07) is 6.33. The number of nitrogens with one attached hydrogen (secondary N) is 1. The summed E-state index contributed by atoms with van der Waals surface area (Å²) in [6.45, 7) is 4.93. The first-order valence-corrected chi connectivity index (χ1v) is 10.7. The van der Waals surface area contributed by atoms with Crippen molar-refractivity contribution in [1.29, 1.82) is 0 Å². The maximum Gasteiger partial charge on any atom is 0.416 e. The zero-order valence-electron chi connectivity index (χ0n) is 18.7. The van der Waals surface area contributed by atoms with Crippen molar-refractivity contribution >= 4 is 18.0 Å². The van der Waals surface area contributed by atoms with Crippen molar-refractivity contribution in [3.63, 3.8) is 0 Å². The van der Waals surface area contributed by atoms with Crippen molar-refractivity contribution in [2.75, 3.05) is 32.7 Å². The summed E-state index contributed by atoms with van der Waals surface area (Å²) in [5.41, 5.74) is 2.11. The summed E-state index contributed by atoms with van der Waals surface area (Å²) in [5.74, 6) is -1.53. The second-order valence-corrected chi connectivity index (χ2v) is 7.93. The first-order valence-electron chi connectivity index (χ1n) is 10.7. The quantitative estimate of drug-likeness (QED) is 0.269. The molecule has 0 radical (unpaired) electrons. The van der Waals surface area contributed by atoms with Crippen LogP contribution in [-0.2, 0) is 17.4 Å². The minimum atomic E-state index is -4.47. The molecule has 2 N–H and O–H groups in total. The molecule has 7 nitrogen and oxygen atoms in total. The Labute approximate surface area is 199 Å². The van der Waals surface area contributed by atoms with Gasteiger partial charge in [-0.1, -0.05) is 6.08 Å². The maximum atomic E-state index is 13.7. The maximum absolute atomic E-state index is 13.7. The molecule has 1 aliphatic rings. The third-order valence-electron chi connectivity index (χ3n) is 5.43. The molecule has 0 aliphatic carbocycles. The Balaban J connectivity index is 1.48. The predicted octanol–water partition coefficient (Wildman–Crippen LogP) is 3.19. The van der Waals surface area contributed by atoms with E-state index in [1.807, 2.05) is 0 Å². The summed E-state index contributed by atoms with van der Waals surface area (Å²) in [7, 11) is 0. The van der Waals surface area contributed by atoms with Gasteiger partial charge in [-0.15, -0.1) is 6.58 Å². The molecule has 35 heavy (non-hydrogen) atoms. The number of allylic oxidation sites excluding steroid dienone is 1. The second-order valence-electron chi connectivity index (χ2n) is 7.93. The number of nitrogens with zero attached hydrogens (tertiary/aromatic N) is 3. The van der Waals surface area contributed by atoms with Gasteiger partial charge in [-0.3, -0.25) is 14.5 Å². The SMILES string of the molecule is C=CCc1cc(F)cc(/C=N/NC(=O)CN2CCN(C(=O)c3ccc(C(F)(F)F)cc3)CC2)c1O. The number of phenolic OH excluding ortho intramolecular Hbond substituents is 1. The number of alkyl halides is 3. The van der Waals surface area contributed by atoms with Crippen molar-refractivity contribution in [2.45, 2.75) is 12.6 Å². The number of aromatic hydroxyl groups is 1. The lowest BCUT2D eigenvalue weighted by molar-refractivity contribution is -0.137. The highest BCUT2D eigenvalue weighted by Crippen LogP contribution is 2.29. The Hall–Kier alpha value is -3.73. The van der Waals surface area contributed by atoms with Gasteiger partial charge in [0, 0.05) is 42.9 Å². The number of halogens is 4. The molecule has 3 rings (SSSR count). The van der Waals surface area contributed by atoms with Crippen LogP contribution in [0.3, 0.4) is 0 Å². The minimum Gasteiger partial charge on any atom is -0.507 e. The van der Waals surface area contributed by atoms with Crippen molar-refractivity contribution < 1.29 is 32.3 Å². The van der Waals surface area contributed by atoms with Crippen LogP contribution < -0.4 is 5.43 Å². The molecule has 186 valence electrons. The van der Waals surface area contributed by atoms with Gasteiger partial charge in [0.05, 0.1) is 18.3 Å². The van der Waals surface area contributed by atoms with Gasteiger partial charge < -0.3 is 10.0 Å². The standard InChI is InChI=1S/C24H24F4N4O3/c1-2-3-17-12-20(25)13-18(22(17)34)14-29-30-21(33)15-31-8-10-32(11-9-31)23(35)16-4-6-19(7-5-16)24(26,27)28/h2,4-7,12-14,34H,1,3,8-11,15H2,(H,30,33)/b29-14+. The van der Waals surface area contributed by atoms with Gasteiger partial charge in [0.1, 0.15) is 11.6 Å². The van der Waals surface area contributed by atoms with Gasteiger partial charge in [-0.05, 0) is 42.8 Å². The van der Waals surface area contributed by atoms with Crippen LogP contribution in [0, 0.1) is 5.82 Å². The van der Waals surface area contributed by atoms with Gasteiger partial charge in [-0.25, -0.2) is 9.82 Å². The highest BCUT2D eigenvalue weighted by Gasteiger charge is 2.31. The van der Waals surface area contributed by atoms with E-state index < -0.39 is 23.5 Å². The van der Waals surface area contributed by atoms with Crippen molar-refractivity contribution in [3.8, 4) is 5.75 Å². The molecule has 2 amide bonds. The highest BCUT2D eigenvalue weighted by atomic mass is 19.4. The number of carbonyl (C=O) groups is 2. The second kappa shape index (κ2) is 11.1. The van der Waals surface area contributed by atoms with Crippen molar-refractivity contribution in [2.24, 2.45) is 5.10 Å². The monoisotopic (exact) mass is 492 g/mol. The molecule has 0 atom stereocenters. The van der Waals surface area contributed by atoms with Gasteiger partial charge in [0.25, 0.3) is 11.8 Å². The van der Waals surface area contributed by atoms with Crippen LogP contribution in [0.15, 0.2) is 54.2 Å². The number of phenols is 1. The number of hydrogen-bond acceptors (Lipinski definition) is 5. The molecule has 0 spiro atoms. The van der Waals surface area contributed by atoms with Gasteiger partial charge in [0.2, 0.25) is 0 Å². The Morgan fingerprint density at radius 3 is 2.37 bits per heavy atom. The largest absolute Gasteiger partial charge is 0.507 e. The zero-order chi connectivity index (χ0) is 25.6. The molecule has 1 heterocycles. The van der Waals surface area contributed by atoms with E-state index in [9.17, 15) is 32.3 Å². The fourth-order valence-corrected chi connectivity index (χ4v) is 3.59. The van der Waals surface area contributed by atoms with Crippen LogP contribution in [-0.4, -0.2) is 65.7 Å². The first kappa shape index (κ1) is 25.9. The fourth-order valence-electron chi connectivity index (χ4n) is 3.59. The third kappa shape index (κ3) is 6.89. The van der Waals surface area contributed by atoms with Crippen LogP contribution in [0.25, 0.3) is 0 Å². The van der Waals surface area contributed by atoms with Gasteiger partial charge >= 0.3 is 6.18 Å². The van der Waals surface area contributed by atoms with Crippen LogP contribution in [0.4, 0.5) is 17.6 Å². The van der Waals surface area contributed by atoms with E-state index in [1.54, 1.807) is 4.90 Å². The lowest BCUT2D eigenvalue weighted by Gasteiger charge is -2.34. The Bertz CT molecular complexity index is 1110. The highest BCUT2D eigenvalue weighted by molar-refractivity contribution is 5.94. The van der Waals surface area contributed by atoms with E-state index in [0.29, 0.717) is 31.7 Å². The number of carbonyl (C=O) groups excluding carboxylic acids is 2. The van der Waals surface area contributed by atoms with Gasteiger partial charge in [0.15, 0.2) is 0 Å². The van der Waals surface area contributed by atoms with E-state index in [1.165, 1.54) is 17.0 Å². The Morgan fingerprint density at radius 2 is 1.77 bits per heavy atom. The summed E-state index contributed by atoms with van der Waals surface area (Å²) in [5, 5.41) is 13.9. The molecule has 2 aromatic carbocycles. The summed E-state index contributed by atoms with van der Waals surface area (Å²) in [6.07, 6.45) is -1.54. The number of amides is 2. The fraction of sp³-hybridized carbons (Fsp3) is 0.292. The Morgan fingerprint density at radius 1 is 1.11 bits per heavy atom. The number of piperazine rings is 1. The van der Waals surface area contributed by atoms with E-state index in [0.717, 1.165) is 36.5 Å². The molecule has 1 saturated heterocycles. The zero-order valence-corrected chi connectivity index (χ0v) is 18.7. The summed E-state index contributed by atoms with van der Waals surface area (Å²) >= 11 is 0. The van der Waals surface area contributed by atoms with Gasteiger partial charge in [-0.2, -0.15) is 18.3 Å². The molecular weight excluding hydrogens is 468 g/mol. The molecule has 0 saturated carbocycles. The number of benzene rings is 2. The average Bonchev–Trinajstić information content (AvgIpc) is 2.81. The van der Waals surface area contributed by atoms with E-state index in [-0.39, 0.29) is 35.7 Å². The van der Waals surface area contributed by atoms with Crippen LogP contribution in [0.5, 0.6) is 5.75 Å². The third-order valence-corrected chi connectivity index (χ3v) is 5.43. The average molecular weight is 492 g/mol. The van der Waals surface area contributed by atoms with E-state index in [2.05, 4.69) is 17.1 Å². The normalized spacial score (nSPS) is 14.8. The molecule has 0 bridgehead atoms. The first-order chi connectivity index (χ1) is 16.6. The predicted molar refractivity (Wildman–Crippen MR) is 121 cm³/mol. The van der Waals surface area contributed by atoms with Crippen molar-refractivity contribution in [1.82, 2.24) is 15.2 Å². The van der Waals surface area contributed by atoms with Crippen LogP contribution in [0.1, 0.15) is 27.0 Å². The number of rotatable bonds is 7. The lowest BCUT2D eigenvalue weighted by atomic mass is 10.1. The van der Waals surface area contributed by atoms with Crippen molar-refractivity contribution in [3.05, 3.63) is 77.1 Å². The molecule has 1 fully saturated rings. The number of hydrogen-bond donors (Lipinski definition) is 2. The molecule has 11 heteroatoms. The van der Waals surface area contributed by atoms with Crippen LogP contribution >= 0.6 is 0 Å². The van der Waals surface area contributed by atoms with E-state index >= 15 is 0 Å². The minimum absolute atomic E-state index is 0.00348.